The molecular formula is C10H21NO2. The Labute approximate surface area is 86.2 Å². The molecule has 2 atom stereocenters. The van der Waals surface area contributed by atoms with E-state index in [-0.39, 0.29) is 12.9 Å². The minimum Gasteiger partial charge on any atom is -0.353 e. The van der Waals surface area contributed by atoms with E-state index in [4.69, 9.17) is 20.7 Å². The molecular weight excluding hydrogens is 166 g/mol. The van der Waals surface area contributed by atoms with E-state index in [1.807, 2.05) is 0 Å². The summed E-state index contributed by atoms with van der Waals surface area (Å²) >= 11 is 0. The van der Waals surface area contributed by atoms with Gasteiger partial charge in [-0.3, -0.25) is 0 Å². The van der Waals surface area contributed by atoms with Crippen molar-refractivity contribution in [2.45, 2.75) is 38.8 Å². The Bertz CT molecular complexity index is 239. The number of hydrogen-bond donors (Lipinski definition) is 1. The van der Waals surface area contributed by atoms with Crippen LogP contribution in [-0.2, 0) is 9.47 Å². The summed E-state index contributed by atoms with van der Waals surface area (Å²) in [6.45, 7) is -0.00521. The van der Waals surface area contributed by atoms with Gasteiger partial charge in [0.1, 0.15) is 0 Å². The molecule has 0 aromatic rings. The molecule has 1 aliphatic heterocycles. The minimum atomic E-state index is -2.37. The van der Waals surface area contributed by atoms with Crippen molar-refractivity contribution in [3.05, 3.63) is 0 Å². The molecule has 78 valence electrons. The molecule has 0 radical (unpaired) electrons. The van der Waals surface area contributed by atoms with Crippen molar-refractivity contribution in [2.75, 3.05) is 19.7 Å². The van der Waals surface area contributed by atoms with Gasteiger partial charge in [0.05, 0.1) is 6.61 Å². The lowest BCUT2D eigenvalue weighted by atomic mass is 10.1. The van der Waals surface area contributed by atoms with Gasteiger partial charge in [0.15, 0.2) is 6.29 Å². The SMILES string of the molecule is [2H]C([2H])(N)C([2H])([2H])[C@@H](C)COC1CCCCO1. The zero-order chi connectivity index (χ0) is 13.1. The number of nitrogens with two attached hydrogens (primary N) is 1. The van der Waals surface area contributed by atoms with Crippen LogP contribution in [0.2, 0.25) is 0 Å². The molecule has 0 bridgehead atoms. The minimum absolute atomic E-state index is 0.106. The van der Waals surface area contributed by atoms with Gasteiger partial charge in [-0.25, -0.2) is 0 Å². The summed E-state index contributed by atoms with van der Waals surface area (Å²) in [6.07, 6.45) is 0.476. The Hall–Kier alpha value is -0.120. The van der Waals surface area contributed by atoms with Crippen LogP contribution in [0.5, 0.6) is 0 Å². The monoisotopic (exact) mass is 191 g/mol. The summed E-state index contributed by atoms with van der Waals surface area (Å²) in [5.74, 6) is -0.631. The quantitative estimate of drug-likeness (QED) is 0.716. The predicted molar refractivity (Wildman–Crippen MR) is 52.4 cm³/mol. The molecule has 1 aliphatic rings. The Kier molecular flexibility index (Phi) is 3.12. The van der Waals surface area contributed by atoms with Crippen molar-refractivity contribution in [3.8, 4) is 0 Å². The van der Waals surface area contributed by atoms with Gasteiger partial charge < -0.3 is 15.2 Å². The maximum atomic E-state index is 7.65. The van der Waals surface area contributed by atoms with Crippen LogP contribution in [0.3, 0.4) is 0 Å². The Balaban J connectivity index is 2.40. The maximum Gasteiger partial charge on any atom is 0.157 e. The lowest BCUT2D eigenvalue weighted by molar-refractivity contribution is -0.168. The third kappa shape index (κ3) is 4.60. The molecule has 13 heavy (non-hydrogen) atoms. The highest BCUT2D eigenvalue weighted by atomic mass is 16.7. The first-order valence-corrected chi connectivity index (χ1v) is 4.77. The topological polar surface area (TPSA) is 44.5 Å². The molecule has 2 N–H and O–H groups in total. The fraction of sp³-hybridized carbons (Fsp3) is 1.00. The number of hydrogen-bond acceptors (Lipinski definition) is 3. The first kappa shape index (κ1) is 6.38. The summed E-state index contributed by atoms with van der Waals surface area (Å²) in [5, 5.41) is 0. The van der Waals surface area contributed by atoms with E-state index in [1.165, 1.54) is 0 Å². The summed E-state index contributed by atoms with van der Waals surface area (Å²) in [6, 6.07) is 0. The number of rotatable bonds is 5. The molecule has 1 saturated heterocycles. The van der Waals surface area contributed by atoms with Crippen LogP contribution in [0.1, 0.15) is 38.0 Å². The fourth-order valence-corrected chi connectivity index (χ4v) is 1.28. The van der Waals surface area contributed by atoms with Gasteiger partial charge in [-0.05, 0) is 38.1 Å². The van der Waals surface area contributed by atoms with E-state index >= 15 is 0 Å². The van der Waals surface area contributed by atoms with Crippen molar-refractivity contribution in [1.82, 2.24) is 0 Å². The molecule has 0 aromatic heterocycles. The first-order chi connectivity index (χ1) is 7.75. The van der Waals surface area contributed by atoms with Crippen LogP contribution >= 0.6 is 0 Å². The van der Waals surface area contributed by atoms with Gasteiger partial charge in [-0.1, -0.05) is 6.92 Å². The molecule has 0 aliphatic carbocycles. The van der Waals surface area contributed by atoms with Gasteiger partial charge in [0.25, 0.3) is 0 Å². The zero-order valence-electron chi connectivity index (χ0n) is 12.1. The van der Waals surface area contributed by atoms with Crippen LogP contribution in [0.15, 0.2) is 0 Å². The second-order valence-corrected chi connectivity index (χ2v) is 3.32. The average molecular weight is 191 g/mol. The van der Waals surface area contributed by atoms with Crippen molar-refractivity contribution in [1.29, 1.82) is 0 Å². The van der Waals surface area contributed by atoms with E-state index in [0.29, 0.717) is 6.61 Å². The van der Waals surface area contributed by atoms with E-state index in [9.17, 15) is 0 Å². The summed E-state index contributed by atoms with van der Waals surface area (Å²) in [7, 11) is 0. The molecule has 3 nitrogen and oxygen atoms in total. The summed E-state index contributed by atoms with van der Waals surface area (Å²) in [4.78, 5) is 0. The molecule has 0 saturated carbocycles. The van der Waals surface area contributed by atoms with Gasteiger partial charge >= 0.3 is 0 Å². The maximum absolute atomic E-state index is 7.65. The molecule has 0 spiro atoms. The van der Waals surface area contributed by atoms with Gasteiger partial charge in [-0.15, -0.1) is 0 Å². The van der Waals surface area contributed by atoms with Crippen LogP contribution in [0, 0.1) is 5.92 Å². The van der Waals surface area contributed by atoms with Gasteiger partial charge in [0, 0.05) is 12.1 Å². The molecule has 3 heteroatoms. The van der Waals surface area contributed by atoms with Crippen molar-refractivity contribution in [2.24, 2.45) is 11.7 Å². The lowest BCUT2D eigenvalue weighted by Crippen LogP contribution is -2.25. The predicted octanol–water partition coefficient (Wildman–Crippen LogP) is 1.51. The highest BCUT2D eigenvalue weighted by Gasteiger charge is 2.14. The second-order valence-electron chi connectivity index (χ2n) is 3.32. The summed E-state index contributed by atoms with van der Waals surface area (Å²) < 4.78 is 40.6. The highest BCUT2D eigenvalue weighted by molar-refractivity contribution is 4.56. The second kappa shape index (κ2) is 6.35. The Morgan fingerprint density at radius 2 is 2.54 bits per heavy atom. The summed E-state index contributed by atoms with van der Waals surface area (Å²) in [5.41, 5.74) is 5.19. The zero-order valence-corrected chi connectivity index (χ0v) is 8.08. The third-order valence-corrected chi connectivity index (χ3v) is 2.00. The Morgan fingerprint density at radius 3 is 3.15 bits per heavy atom. The Morgan fingerprint density at radius 1 is 1.69 bits per heavy atom. The largest absolute Gasteiger partial charge is 0.353 e. The average Bonchev–Trinajstić information content (AvgIpc) is 2.25. The van der Waals surface area contributed by atoms with E-state index in [0.717, 1.165) is 19.3 Å². The van der Waals surface area contributed by atoms with Crippen LogP contribution in [0.25, 0.3) is 0 Å². The molecule has 1 fully saturated rings. The highest BCUT2D eigenvalue weighted by Crippen LogP contribution is 2.15. The van der Waals surface area contributed by atoms with E-state index in [1.54, 1.807) is 6.92 Å². The molecule has 0 amide bonds. The lowest BCUT2D eigenvalue weighted by Gasteiger charge is -2.24. The smallest absolute Gasteiger partial charge is 0.157 e. The van der Waals surface area contributed by atoms with Crippen LogP contribution in [0.4, 0.5) is 0 Å². The van der Waals surface area contributed by atoms with E-state index < -0.39 is 18.8 Å². The molecule has 1 unspecified atom stereocenters. The van der Waals surface area contributed by atoms with Crippen molar-refractivity contribution in [3.63, 3.8) is 0 Å². The van der Waals surface area contributed by atoms with Crippen molar-refractivity contribution >= 4 is 0 Å². The van der Waals surface area contributed by atoms with Gasteiger partial charge in [0.2, 0.25) is 0 Å². The fourth-order valence-electron chi connectivity index (χ4n) is 1.28. The van der Waals surface area contributed by atoms with E-state index in [2.05, 4.69) is 0 Å². The van der Waals surface area contributed by atoms with Crippen LogP contribution < -0.4 is 5.73 Å². The van der Waals surface area contributed by atoms with Crippen molar-refractivity contribution < 1.29 is 15.0 Å². The standard InChI is InChI=1S/C10H21NO2/c1-9(5-6-11)8-13-10-4-2-3-7-12-10/h9-10H,2-8,11H2,1H3/t9-,10?/m1/s1/i5D2,6D2. The third-order valence-electron chi connectivity index (χ3n) is 2.00. The normalized spacial score (nSPS) is 32.6. The van der Waals surface area contributed by atoms with Gasteiger partial charge in [-0.2, -0.15) is 0 Å². The molecule has 1 rings (SSSR count). The number of ether oxygens (including phenoxy) is 2. The molecule has 0 aromatic carbocycles. The van der Waals surface area contributed by atoms with Crippen LogP contribution in [-0.4, -0.2) is 26.0 Å². The molecule has 1 heterocycles. The first-order valence-electron chi connectivity index (χ1n) is 6.77.